The normalized spacial score (nSPS) is 12.6. The van der Waals surface area contributed by atoms with Gasteiger partial charge in [0, 0.05) is 37.0 Å². The molecule has 0 aliphatic heterocycles. The lowest BCUT2D eigenvalue weighted by molar-refractivity contribution is -0.131. The second-order valence-electron chi connectivity index (χ2n) is 8.38. The maximum absolute atomic E-state index is 14.8. The van der Waals surface area contributed by atoms with Crippen molar-refractivity contribution in [1.29, 1.82) is 0 Å². The highest BCUT2D eigenvalue weighted by atomic mass is 19.4. The molecule has 4 rings (SSSR count). The van der Waals surface area contributed by atoms with Crippen LogP contribution in [0.1, 0.15) is 17.5 Å². The quantitative estimate of drug-likeness (QED) is 0.147. The topological polar surface area (TPSA) is 89.3 Å². The number of allylic oxidation sites excluding steroid dienone is 1. The predicted molar refractivity (Wildman–Crippen MR) is 138 cm³/mol. The number of carboxylic acid groups (broad SMARTS) is 1. The van der Waals surface area contributed by atoms with Crippen LogP contribution in [-0.4, -0.2) is 51.7 Å². The van der Waals surface area contributed by atoms with Crippen LogP contribution in [0, 0.1) is 5.95 Å². The summed E-state index contributed by atoms with van der Waals surface area (Å²) in [6.07, 6.45) is -1.99. The first-order valence-electron chi connectivity index (χ1n) is 11.9. The first kappa shape index (κ1) is 27.5. The molecular formula is C28H24F4N4O3. The lowest BCUT2D eigenvalue weighted by atomic mass is 9.97. The minimum absolute atomic E-state index is 0.0459. The summed E-state index contributed by atoms with van der Waals surface area (Å²) in [6.45, 7) is 0.959. The number of benzene rings is 2. The molecule has 0 unspecified atom stereocenters. The van der Waals surface area contributed by atoms with E-state index in [1.165, 1.54) is 29.1 Å². The Hall–Kier alpha value is -4.51. The van der Waals surface area contributed by atoms with E-state index in [4.69, 9.17) is 9.84 Å². The number of aromatic nitrogens is 3. The zero-order chi connectivity index (χ0) is 27.8. The summed E-state index contributed by atoms with van der Waals surface area (Å²) in [5.41, 5.74) is 0.864. The number of rotatable bonds is 11. The van der Waals surface area contributed by atoms with Crippen LogP contribution < -0.4 is 10.1 Å². The Morgan fingerprint density at radius 1 is 1.03 bits per heavy atom. The molecule has 0 fully saturated rings. The van der Waals surface area contributed by atoms with E-state index < -0.39 is 24.5 Å². The summed E-state index contributed by atoms with van der Waals surface area (Å²) in [7, 11) is 0. The van der Waals surface area contributed by atoms with Crippen LogP contribution in [0.5, 0.6) is 5.88 Å². The Morgan fingerprint density at radius 3 is 2.46 bits per heavy atom. The molecule has 39 heavy (non-hydrogen) atoms. The van der Waals surface area contributed by atoms with Gasteiger partial charge in [0.25, 0.3) is 0 Å². The maximum Gasteiger partial charge on any atom is 0.393 e. The van der Waals surface area contributed by atoms with Gasteiger partial charge in [0.1, 0.15) is 6.61 Å². The van der Waals surface area contributed by atoms with E-state index in [1.54, 1.807) is 54.6 Å². The van der Waals surface area contributed by atoms with Gasteiger partial charge in [-0.05, 0) is 29.3 Å². The van der Waals surface area contributed by atoms with Crippen molar-refractivity contribution in [2.45, 2.75) is 12.6 Å². The second kappa shape index (κ2) is 12.4. The van der Waals surface area contributed by atoms with Gasteiger partial charge >= 0.3 is 12.1 Å². The number of nitrogens with zero attached hydrogens (tertiary/aromatic N) is 3. The standard InChI is InChI=1S/C28H24F4N4O3/c29-27-21-9-4-5-10-23(21)36(35-27)26(22(17-28(30,31)32)19-7-2-1-3-8-19)20-12-13-24(34-18-20)39-16-15-33-14-6-11-25(37)38/h1-13,18,33H,14-17H2,(H,37,38)/b11-6+,26-22-. The van der Waals surface area contributed by atoms with Crippen LogP contribution in [0.4, 0.5) is 17.6 Å². The van der Waals surface area contributed by atoms with E-state index >= 15 is 0 Å². The Labute approximate surface area is 221 Å². The van der Waals surface area contributed by atoms with E-state index in [-0.39, 0.29) is 34.7 Å². The number of hydrogen-bond donors (Lipinski definition) is 2. The molecule has 0 spiro atoms. The highest BCUT2D eigenvalue weighted by Crippen LogP contribution is 2.38. The average Bonchev–Trinajstić information content (AvgIpc) is 3.24. The fraction of sp³-hybridized carbons (Fsp3) is 0.179. The van der Waals surface area contributed by atoms with Crippen LogP contribution in [0.2, 0.25) is 0 Å². The number of halogens is 4. The molecule has 0 atom stereocenters. The zero-order valence-electron chi connectivity index (χ0n) is 20.5. The minimum Gasteiger partial charge on any atom is -0.478 e. The van der Waals surface area contributed by atoms with E-state index in [1.807, 2.05) is 0 Å². The van der Waals surface area contributed by atoms with Crippen molar-refractivity contribution in [3.05, 3.63) is 102 Å². The molecule has 2 N–H and O–H groups in total. The van der Waals surface area contributed by atoms with Crippen molar-refractivity contribution < 1.29 is 32.2 Å². The minimum atomic E-state index is -4.55. The molecule has 202 valence electrons. The molecule has 0 saturated carbocycles. The lowest BCUT2D eigenvalue weighted by Gasteiger charge is -2.19. The predicted octanol–water partition coefficient (Wildman–Crippen LogP) is 5.55. The summed E-state index contributed by atoms with van der Waals surface area (Å²) in [6, 6.07) is 17.5. The van der Waals surface area contributed by atoms with E-state index in [9.17, 15) is 22.4 Å². The fourth-order valence-corrected chi connectivity index (χ4v) is 3.96. The number of carboxylic acids is 1. The smallest absolute Gasteiger partial charge is 0.393 e. The molecule has 0 amide bonds. The van der Waals surface area contributed by atoms with Crippen LogP contribution in [0.25, 0.3) is 22.2 Å². The maximum atomic E-state index is 14.8. The third kappa shape index (κ3) is 7.29. The molecule has 4 aromatic rings. The first-order chi connectivity index (χ1) is 18.7. The van der Waals surface area contributed by atoms with Gasteiger partial charge in [0.15, 0.2) is 0 Å². The van der Waals surface area contributed by atoms with Crippen molar-refractivity contribution in [2.24, 2.45) is 0 Å². The molecular weight excluding hydrogens is 516 g/mol. The molecule has 0 saturated heterocycles. The van der Waals surface area contributed by atoms with Crippen molar-refractivity contribution in [3.8, 4) is 5.88 Å². The fourth-order valence-electron chi connectivity index (χ4n) is 3.96. The van der Waals surface area contributed by atoms with Gasteiger partial charge in [-0.25, -0.2) is 14.5 Å². The van der Waals surface area contributed by atoms with Crippen LogP contribution in [0.3, 0.4) is 0 Å². The van der Waals surface area contributed by atoms with Crippen LogP contribution in [-0.2, 0) is 4.79 Å². The SMILES string of the molecule is O=C(O)/C=C/CNCCOc1ccc(/C(=C(\CC(F)(F)F)c2ccccc2)n2nc(F)c3ccccc32)cn1. The van der Waals surface area contributed by atoms with Gasteiger partial charge in [-0.2, -0.15) is 17.6 Å². The number of para-hydroxylation sites is 1. The second-order valence-corrected chi connectivity index (χ2v) is 8.38. The first-order valence-corrected chi connectivity index (χ1v) is 11.9. The Morgan fingerprint density at radius 2 is 1.77 bits per heavy atom. The summed E-state index contributed by atoms with van der Waals surface area (Å²) >= 11 is 0. The summed E-state index contributed by atoms with van der Waals surface area (Å²) < 4.78 is 63.1. The van der Waals surface area contributed by atoms with E-state index in [2.05, 4.69) is 15.4 Å². The number of carbonyl (C=O) groups is 1. The largest absolute Gasteiger partial charge is 0.478 e. The van der Waals surface area contributed by atoms with Gasteiger partial charge in [-0.15, -0.1) is 5.10 Å². The molecule has 0 bridgehead atoms. The third-order valence-electron chi connectivity index (χ3n) is 5.60. The number of fused-ring (bicyclic) bond motifs is 1. The summed E-state index contributed by atoms with van der Waals surface area (Å²) in [4.78, 5) is 14.7. The number of pyridine rings is 1. The van der Waals surface area contributed by atoms with Crippen molar-refractivity contribution in [1.82, 2.24) is 20.1 Å². The molecule has 0 aliphatic carbocycles. The van der Waals surface area contributed by atoms with Crippen LogP contribution >= 0.6 is 0 Å². The number of aliphatic carboxylic acids is 1. The van der Waals surface area contributed by atoms with Crippen molar-refractivity contribution in [3.63, 3.8) is 0 Å². The monoisotopic (exact) mass is 540 g/mol. The number of hydrogen-bond acceptors (Lipinski definition) is 5. The number of nitrogens with one attached hydrogen (secondary N) is 1. The average molecular weight is 541 g/mol. The molecule has 0 aliphatic rings. The van der Waals surface area contributed by atoms with Gasteiger partial charge in [0.2, 0.25) is 11.8 Å². The molecule has 2 aromatic carbocycles. The van der Waals surface area contributed by atoms with Gasteiger partial charge < -0.3 is 15.2 Å². The molecule has 11 heteroatoms. The Balaban J connectivity index is 1.71. The van der Waals surface area contributed by atoms with Gasteiger partial charge in [-0.1, -0.05) is 48.5 Å². The lowest BCUT2D eigenvalue weighted by Crippen LogP contribution is -2.21. The van der Waals surface area contributed by atoms with Crippen molar-refractivity contribution in [2.75, 3.05) is 19.7 Å². The van der Waals surface area contributed by atoms with Gasteiger partial charge in [0.05, 0.1) is 23.0 Å². The molecule has 2 aromatic heterocycles. The third-order valence-corrected chi connectivity index (χ3v) is 5.60. The summed E-state index contributed by atoms with van der Waals surface area (Å²) in [5, 5.41) is 15.7. The van der Waals surface area contributed by atoms with E-state index in [0.717, 1.165) is 6.08 Å². The van der Waals surface area contributed by atoms with Gasteiger partial charge in [-0.3, -0.25) is 0 Å². The highest BCUT2D eigenvalue weighted by molar-refractivity contribution is 5.95. The van der Waals surface area contributed by atoms with Crippen LogP contribution in [0.15, 0.2) is 85.1 Å². The molecule has 2 heterocycles. The zero-order valence-corrected chi connectivity index (χ0v) is 20.5. The number of ether oxygens (including phenoxy) is 1. The summed E-state index contributed by atoms with van der Waals surface area (Å²) in [5.74, 6) is -1.61. The highest BCUT2D eigenvalue weighted by Gasteiger charge is 2.32. The Bertz CT molecular complexity index is 1480. The Kier molecular flexibility index (Phi) is 8.72. The molecule has 0 radical (unpaired) electrons. The molecule has 7 nitrogen and oxygen atoms in total. The van der Waals surface area contributed by atoms with Crippen molar-refractivity contribution >= 4 is 28.1 Å². The number of alkyl halides is 3. The van der Waals surface area contributed by atoms with E-state index in [0.29, 0.717) is 24.2 Å².